The molecule has 0 unspecified atom stereocenters. The highest BCUT2D eigenvalue weighted by atomic mass is 16.5. The van der Waals surface area contributed by atoms with Crippen LogP contribution in [0.1, 0.15) is 11.3 Å². The van der Waals surface area contributed by atoms with Crippen molar-refractivity contribution in [1.82, 2.24) is 15.2 Å². The number of nitrogens with zero attached hydrogens (tertiary/aromatic N) is 2. The van der Waals surface area contributed by atoms with E-state index in [4.69, 9.17) is 9.47 Å². The second-order valence-corrected chi connectivity index (χ2v) is 5.68. The van der Waals surface area contributed by atoms with Crippen molar-refractivity contribution in [2.45, 2.75) is 0 Å². The van der Waals surface area contributed by atoms with E-state index in [1.807, 2.05) is 54.6 Å². The Hall–Kier alpha value is -3.60. The van der Waals surface area contributed by atoms with Crippen LogP contribution < -0.4 is 9.47 Å². The van der Waals surface area contributed by atoms with Gasteiger partial charge in [-0.2, -0.15) is 5.10 Å². The van der Waals surface area contributed by atoms with Gasteiger partial charge in [0.15, 0.2) is 11.5 Å². The Balaban J connectivity index is 1.59. The lowest BCUT2D eigenvalue weighted by molar-refractivity contribution is 0.378. The molecule has 2 aromatic carbocycles. The monoisotopic (exact) mass is 343 g/mol. The second-order valence-electron chi connectivity index (χ2n) is 5.68. The first-order valence-electron chi connectivity index (χ1n) is 8.20. The summed E-state index contributed by atoms with van der Waals surface area (Å²) in [6.45, 7) is 0. The molecule has 5 heteroatoms. The number of aromatic amines is 1. The van der Waals surface area contributed by atoms with Gasteiger partial charge < -0.3 is 9.47 Å². The molecule has 4 aromatic rings. The van der Waals surface area contributed by atoms with Gasteiger partial charge in [0.05, 0.1) is 18.3 Å². The van der Waals surface area contributed by atoms with Crippen LogP contribution in [0.15, 0.2) is 67.0 Å². The zero-order valence-corrected chi connectivity index (χ0v) is 14.2. The molecule has 1 N–H and O–H groups in total. The largest absolute Gasteiger partial charge is 0.493 e. The molecule has 0 aliphatic heterocycles. The number of nitrogens with one attached hydrogen (secondary N) is 1. The number of methoxy groups -OCH3 is 1. The summed E-state index contributed by atoms with van der Waals surface area (Å²) in [7, 11) is 1.63. The van der Waals surface area contributed by atoms with Gasteiger partial charge in [-0.3, -0.25) is 10.1 Å². The predicted octanol–water partition coefficient (Wildman–Crippen LogP) is 4.93. The minimum atomic E-state index is 0.654. The summed E-state index contributed by atoms with van der Waals surface area (Å²) >= 11 is 0. The van der Waals surface area contributed by atoms with Gasteiger partial charge in [0.25, 0.3) is 0 Å². The molecule has 0 saturated carbocycles. The van der Waals surface area contributed by atoms with E-state index in [0.29, 0.717) is 17.2 Å². The van der Waals surface area contributed by atoms with Crippen LogP contribution in [0, 0.1) is 0 Å². The third-order valence-corrected chi connectivity index (χ3v) is 4.00. The molecule has 5 nitrogen and oxygen atoms in total. The molecule has 0 aliphatic carbocycles. The van der Waals surface area contributed by atoms with E-state index in [1.165, 1.54) is 0 Å². The van der Waals surface area contributed by atoms with Crippen molar-refractivity contribution in [3.05, 3.63) is 78.2 Å². The molecule has 4 rings (SSSR count). The van der Waals surface area contributed by atoms with E-state index in [-0.39, 0.29) is 0 Å². The van der Waals surface area contributed by atoms with Gasteiger partial charge >= 0.3 is 0 Å². The molecule has 0 aliphatic rings. The fourth-order valence-corrected chi connectivity index (χ4v) is 2.69. The van der Waals surface area contributed by atoms with Crippen LogP contribution in [0.3, 0.4) is 0 Å². The number of benzene rings is 2. The van der Waals surface area contributed by atoms with Crippen molar-refractivity contribution in [2.75, 3.05) is 7.11 Å². The standard InChI is InChI=1S/C21H17N3O2/c1-25-21-14-15(7-9-20(21)26-16-10-12-22-13-11-16)6-8-19-17-4-2-3-5-18(17)23-24-19/h2-14H,1H3,(H,23,24). The van der Waals surface area contributed by atoms with Crippen LogP contribution in [-0.2, 0) is 0 Å². The first kappa shape index (κ1) is 15.9. The van der Waals surface area contributed by atoms with Gasteiger partial charge in [-0.15, -0.1) is 0 Å². The summed E-state index contributed by atoms with van der Waals surface area (Å²) in [5.74, 6) is 2.03. The number of pyridine rings is 1. The zero-order valence-electron chi connectivity index (χ0n) is 14.2. The zero-order chi connectivity index (χ0) is 17.8. The van der Waals surface area contributed by atoms with Crippen LogP contribution in [0.2, 0.25) is 0 Å². The summed E-state index contributed by atoms with van der Waals surface area (Å²) in [6.07, 6.45) is 7.36. The van der Waals surface area contributed by atoms with Gasteiger partial charge in [-0.05, 0) is 42.0 Å². The average molecular weight is 343 g/mol. The van der Waals surface area contributed by atoms with E-state index in [1.54, 1.807) is 31.6 Å². The number of H-pyrrole nitrogens is 1. The molecule has 0 amide bonds. The maximum absolute atomic E-state index is 5.86. The fraction of sp³-hybridized carbons (Fsp3) is 0.0476. The Labute approximate surface area is 150 Å². The van der Waals surface area contributed by atoms with Crippen molar-refractivity contribution in [2.24, 2.45) is 0 Å². The highest BCUT2D eigenvalue weighted by Crippen LogP contribution is 2.32. The van der Waals surface area contributed by atoms with Crippen molar-refractivity contribution in [3.63, 3.8) is 0 Å². The summed E-state index contributed by atoms with van der Waals surface area (Å²) in [6, 6.07) is 17.4. The molecule has 2 aromatic heterocycles. The maximum Gasteiger partial charge on any atom is 0.169 e. The first-order valence-corrected chi connectivity index (χ1v) is 8.20. The minimum Gasteiger partial charge on any atom is -0.493 e. The number of fused-ring (bicyclic) bond motifs is 1. The van der Waals surface area contributed by atoms with E-state index in [9.17, 15) is 0 Å². The Bertz CT molecular complexity index is 1060. The minimum absolute atomic E-state index is 0.654. The van der Waals surface area contributed by atoms with E-state index in [2.05, 4.69) is 15.2 Å². The van der Waals surface area contributed by atoms with Gasteiger partial charge in [0.2, 0.25) is 0 Å². The Kier molecular flexibility index (Phi) is 4.35. The van der Waals surface area contributed by atoms with Crippen LogP contribution in [0.25, 0.3) is 23.1 Å². The van der Waals surface area contributed by atoms with Gasteiger partial charge in [-0.25, -0.2) is 0 Å². The summed E-state index contributed by atoms with van der Waals surface area (Å²) in [4.78, 5) is 3.99. The number of hydrogen-bond donors (Lipinski definition) is 1. The number of rotatable bonds is 5. The first-order chi connectivity index (χ1) is 12.8. The number of hydrogen-bond acceptors (Lipinski definition) is 4. The van der Waals surface area contributed by atoms with E-state index >= 15 is 0 Å². The van der Waals surface area contributed by atoms with Crippen molar-refractivity contribution < 1.29 is 9.47 Å². The SMILES string of the molecule is COc1cc(C=Cc2n[nH]c3ccccc23)ccc1Oc1ccncc1. The van der Waals surface area contributed by atoms with E-state index < -0.39 is 0 Å². The molecule has 0 bridgehead atoms. The maximum atomic E-state index is 5.86. The third-order valence-electron chi connectivity index (χ3n) is 4.00. The lowest BCUT2D eigenvalue weighted by atomic mass is 10.1. The molecule has 26 heavy (non-hydrogen) atoms. The molecule has 0 saturated heterocycles. The molecular weight excluding hydrogens is 326 g/mol. The Morgan fingerprint density at radius 3 is 2.62 bits per heavy atom. The van der Waals surface area contributed by atoms with Gasteiger partial charge in [-0.1, -0.05) is 30.3 Å². The molecule has 0 atom stereocenters. The average Bonchev–Trinajstić information content (AvgIpc) is 3.11. The molecule has 2 heterocycles. The molecule has 0 fully saturated rings. The summed E-state index contributed by atoms with van der Waals surface area (Å²) in [5.41, 5.74) is 2.92. The fourth-order valence-electron chi connectivity index (χ4n) is 2.69. The van der Waals surface area contributed by atoms with Gasteiger partial charge in [0.1, 0.15) is 5.75 Å². The lowest BCUT2D eigenvalue weighted by Crippen LogP contribution is -1.91. The summed E-state index contributed by atoms with van der Waals surface area (Å²) in [5, 5.41) is 8.48. The molecule has 0 radical (unpaired) electrons. The summed E-state index contributed by atoms with van der Waals surface area (Å²) < 4.78 is 11.3. The Morgan fingerprint density at radius 2 is 1.77 bits per heavy atom. The van der Waals surface area contributed by atoms with Crippen LogP contribution in [-0.4, -0.2) is 22.3 Å². The highest BCUT2D eigenvalue weighted by molar-refractivity contribution is 5.89. The third kappa shape index (κ3) is 3.28. The van der Waals surface area contributed by atoms with Gasteiger partial charge in [0, 0.05) is 17.8 Å². The lowest BCUT2D eigenvalue weighted by Gasteiger charge is -2.10. The van der Waals surface area contributed by atoms with Crippen molar-refractivity contribution in [3.8, 4) is 17.2 Å². The molecule has 0 spiro atoms. The molecular formula is C21H17N3O2. The van der Waals surface area contributed by atoms with Crippen LogP contribution in [0.5, 0.6) is 17.2 Å². The quantitative estimate of drug-likeness (QED) is 0.558. The van der Waals surface area contributed by atoms with Crippen molar-refractivity contribution in [1.29, 1.82) is 0 Å². The van der Waals surface area contributed by atoms with Crippen LogP contribution in [0.4, 0.5) is 0 Å². The number of aromatic nitrogens is 3. The topological polar surface area (TPSA) is 60.0 Å². The number of ether oxygens (including phenoxy) is 2. The highest BCUT2D eigenvalue weighted by Gasteiger charge is 2.07. The van der Waals surface area contributed by atoms with Crippen molar-refractivity contribution >= 4 is 23.1 Å². The second kappa shape index (κ2) is 7.11. The molecule has 128 valence electrons. The number of para-hydroxylation sites is 1. The smallest absolute Gasteiger partial charge is 0.169 e. The predicted molar refractivity (Wildman–Crippen MR) is 102 cm³/mol. The Morgan fingerprint density at radius 1 is 0.923 bits per heavy atom. The van der Waals surface area contributed by atoms with Crippen LogP contribution >= 0.6 is 0 Å². The normalized spacial score (nSPS) is 11.1. The van der Waals surface area contributed by atoms with E-state index in [0.717, 1.165) is 22.2 Å².